The van der Waals surface area contributed by atoms with E-state index < -0.39 is 12.1 Å². The van der Waals surface area contributed by atoms with E-state index in [1.807, 2.05) is 6.92 Å². The molecule has 0 bridgehead atoms. The van der Waals surface area contributed by atoms with E-state index in [4.69, 9.17) is 10.8 Å². The predicted octanol–water partition coefficient (Wildman–Crippen LogP) is 1.23. The third-order valence-corrected chi connectivity index (χ3v) is 4.32. The lowest BCUT2D eigenvalue weighted by molar-refractivity contribution is 0.0697. The van der Waals surface area contributed by atoms with Gasteiger partial charge in [-0.25, -0.2) is 14.5 Å². The van der Waals surface area contributed by atoms with Gasteiger partial charge in [0.2, 0.25) is 0 Å². The molecule has 1 heterocycles. The largest absolute Gasteiger partial charge is 0.478 e. The second-order valence-corrected chi connectivity index (χ2v) is 6.02. The minimum absolute atomic E-state index is 0.133. The molecule has 0 aliphatic heterocycles. The Morgan fingerprint density at radius 1 is 1.30 bits per heavy atom. The van der Waals surface area contributed by atoms with Crippen LogP contribution in [0.5, 0.6) is 0 Å². The number of nitrogens with two attached hydrogens (primary N) is 1. The highest BCUT2D eigenvalue weighted by atomic mass is 16.4. The van der Waals surface area contributed by atoms with Crippen molar-refractivity contribution in [3.63, 3.8) is 0 Å². The molecule has 3 atom stereocenters. The summed E-state index contributed by atoms with van der Waals surface area (Å²) in [4.78, 5) is 15.5. The minimum Gasteiger partial charge on any atom is -0.478 e. The van der Waals surface area contributed by atoms with Crippen LogP contribution < -0.4 is 5.73 Å². The van der Waals surface area contributed by atoms with Crippen molar-refractivity contribution in [2.45, 2.75) is 44.2 Å². The van der Waals surface area contributed by atoms with Crippen LogP contribution >= 0.6 is 0 Å². The summed E-state index contributed by atoms with van der Waals surface area (Å²) in [5.41, 5.74) is 6.98. The molecule has 23 heavy (non-hydrogen) atoms. The first kappa shape index (κ1) is 15.6. The topological polar surface area (TPSA) is 114 Å². The lowest BCUT2D eigenvalue weighted by Gasteiger charge is -2.30. The number of hydrogen-bond donors (Lipinski definition) is 3. The highest BCUT2D eigenvalue weighted by molar-refractivity contribution is 5.87. The molecule has 3 rings (SSSR count). The number of aryl methyl sites for hydroxylation is 1. The Labute approximate surface area is 133 Å². The number of carbonyl (C=O) groups is 1. The summed E-state index contributed by atoms with van der Waals surface area (Å²) in [6.07, 6.45) is 1.65. The molecule has 1 aromatic carbocycles. The lowest BCUT2D eigenvalue weighted by Crippen LogP contribution is -2.40. The Bertz CT molecular complexity index is 711. The predicted molar refractivity (Wildman–Crippen MR) is 83.6 cm³/mol. The lowest BCUT2D eigenvalue weighted by atomic mass is 9.83. The van der Waals surface area contributed by atoms with Gasteiger partial charge in [0.25, 0.3) is 0 Å². The minimum atomic E-state index is -0.959. The van der Waals surface area contributed by atoms with Crippen LogP contribution in [-0.4, -0.2) is 43.1 Å². The zero-order valence-corrected chi connectivity index (χ0v) is 12.9. The molecule has 0 spiro atoms. The number of aromatic nitrogens is 3. The molecule has 1 saturated carbocycles. The maximum Gasteiger partial charge on any atom is 0.335 e. The molecule has 4 N–H and O–H groups in total. The van der Waals surface area contributed by atoms with Crippen molar-refractivity contribution < 1.29 is 15.0 Å². The number of aromatic carboxylic acids is 1. The second-order valence-electron chi connectivity index (χ2n) is 6.02. The summed E-state index contributed by atoms with van der Waals surface area (Å²) in [5.74, 6) is 0.641. The number of aliphatic hydroxyl groups excluding tert-OH is 1. The molecule has 0 amide bonds. The van der Waals surface area contributed by atoms with Gasteiger partial charge in [-0.2, -0.15) is 5.10 Å². The van der Waals surface area contributed by atoms with E-state index in [1.165, 1.54) is 0 Å². The summed E-state index contributed by atoms with van der Waals surface area (Å²) < 4.78 is 1.75. The average Bonchev–Trinajstić information content (AvgIpc) is 2.92. The standard InChI is InChI=1S/C16H20N4O3/c1-9-18-15(11-4-7-14(21)13(17)8-11)20(19-9)12-5-2-10(3-6-12)16(22)23/h2-3,5-6,11,13-14,21H,4,7-8,17H2,1H3,(H,22,23)/t11-,13+,14+/m0/s1. The number of benzene rings is 1. The van der Waals surface area contributed by atoms with Crippen molar-refractivity contribution in [1.82, 2.24) is 14.8 Å². The van der Waals surface area contributed by atoms with Crippen molar-refractivity contribution in [2.75, 3.05) is 0 Å². The maximum absolute atomic E-state index is 11.0. The number of rotatable bonds is 3. The molecule has 2 aromatic rings. The molecule has 0 radical (unpaired) electrons. The molecule has 7 heteroatoms. The van der Waals surface area contributed by atoms with Crippen LogP contribution in [0.1, 0.15) is 47.2 Å². The van der Waals surface area contributed by atoms with Crippen LogP contribution in [0.4, 0.5) is 0 Å². The first-order valence-electron chi connectivity index (χ1n) is 7.66. The number of carboxylic acids is 1. The van der Waals surface area contributed by atoms with Crippen molar-refractivity contribution in [1.29, 1.82) is 0 Å². The van der Waals surface area contributed by atoms with Gasteiger partial charge in [-0.05, 0) is 50.5 Å². The first-order chi connectivity index (χ1) is 11.0. The van der Waals surface area contributed by atoms with E-state index in [-0.39, 0.29) is 17.5 Å². The third kappa shape index (κ3) is 3.11. The second kappa shape index (κ2) is 6.10. The molecule has 0 unspecified atom stereocenters. The number of aliphatic hydroxyl groups is 1. The molecule has 1 fully saturated rings. The highest BCUT2D eigenvalue weighted by Crippen LogP contribution is 2.32. The molecule has 7 nitrogen and oxygen atoms in total. The van der Waals surface area contributed by atoms with Crippen LogP contribution in [0.3, 0.4) is 0 Å². The summed E-state index contributed by atoms with van der Waals surface area (Å²) in [6, 6.07) is 6.29. The van der Waals surface area contributed by atoms with Crippen LogP contribution in [-0.2, 0) is 0 Å². The highest BCUT2D eigenvalue weighted by Gasteiger charge is 2.30. The zero-order valence-electron chi connectivity index (χ0n) is 12.9. The molecular weight excluding hydrogens is 296 g/mol. The van der Waals surface area contributed by atoms with Crippen molar-refractivity contribution >= 4 is 5.97 Å². The van der Waals surface area contributed by atoms with Crippen molar-refractivity contribution in [3.05, 3.63) is 41.5 Å². The van der Waals surface area contributed by atoms with Gasteiger partial charge >= 0.3 is 5.97 Å². The summed E-state index contributed by atoms with van der Waals surface area (Å²) in [7, 11) is 0. The Hall–Kier alpha value is -2.25. The van der Waals surface area contributed by atoms with Gasteiger partial charge in [-0.1, -0.05) is 0 Å². The van der Waals surface area contributed by atoms with E-state index in [0.717, 1.165) is 17.9 Å². The van der Waals surface area contributed by atoms with Gasteiger partial charge in [-0.3, -0.25) is 0 Å². The Balaban J connectivity index is 1.93. The molecule has 122 valence electrons. The van der Waals surface area contributed by atoms with Crippen molar-refractivity contribution in [2.24, 2.45) is 5.73 Å². The Kier molecular flexibility index (Phi) is 4.14. The molecule has 1 aromatic heterocycles. The smallest absolute Gasteiger partial charge is 0.335 e. The van der Waals surface area contributed by atoms with Gasteiger partial charge in [0.05, 0.1) is 17.4 Å². The van der Waals surface area contributed by atoms with Crippen LogP contribution in [0.25, 0.3) is 5.69 Å². The molecule has 1 aliphatic rings. The number of nitrogens with zero attached hydrogens (tertiary/aromatic N) is 3. The number of carboxylic acid groups (broad SMARTS) is 1. The monoisotopic (exact) mass is 316 g/mol. The van der Waals surface area contributed by atoms with E-state index in [1.54, 1.807) is 28.9 Å². The quantitative estimate of drug-likeness (QED) is 0.784. The molecular formula is C16H20N4O3. The van der Waals surface area contributed by atoms with Gasteiger partial charge in [-0.15, -0.1) is 0 Å². The van der Waals surface area contributed by atoms with Gasteiger partial charge in [0.15, 0.2) is 0 Å². The SMILES string of the molecule is Cc1nc([C@H]2CC[C@@H](O)[C@H](N)C2)n(-c2ccc(C(=O)O)cc2)n1. The zero-order chi connectivity index (χ0) is 16.6. The summed E-state index contributed by atoms with van der Waals surface area (Å²) in [5, 5.41) is 23.2. The summed E-state index contributed by atoms with van der Waals surface area (Å²) >= 11 is 0. The normalized spacial score (nSPS) is 24.6. The van der Waals surface area contributed by atoms with Crippen LogP contribution in [0.15, 0.2) is 24.3 Å². The van der Waals surface area contributed by atoms with E-state index >= 15 is 0 Å². The average molecular weight is 316 g/mol. The van der Waals surface area contributed by atoms with Crippen LogP contribution in [0, 0.1) is 6.92 Å². The Morgan fingerprint density at radius 3 is 2.61 bits per heavy atom. The third-order valence-electron chi connectivity index (χ3n) is 4.32. The fraction of sp³-hybridized carbons (Fsp3) is 0.438. The van der Waals surface area contributed by atoms with E-state index in [2.05, 4.69) is 10.1 Å². The van der Waals surface area contributed by atoms with E-state index in [0.29, 0.717) is 18.7 Å². The van der Waals surface area contributed by atoms with Gasteiger partial charge in [0, 0.05) is 12.0 Å². The van der Waals surface area contributed by atoms with Crippen molar-refractivity contribution in [3.8, 4) is 5.69 Å². The Morgan fingerprint density at radius 2 is 2.00 bits per heavy atom. The summed E-state index contributed by atoms with van der Waals surface area (Å²) in [6.45, 7) is 1.82. The van der Waals surface area contributed by atoms with E-state index in [9.17, 15) is 9.90 Å². The van der Waals surface area contributed by atoms with Crippen LogP contribution in [0.2, 0.25) is 0 Å². The molecule has 1 aliphatic carbocycles. The number of hydrogen-bond acceptors (Lipinski definition) is 5. The fourth-order valence-corrected chi connectivity index (χ4v) is 3.05. The van der Waals surface area contributed by atoms with Gasteiger partial charge < -0.3 is 15.9 Å². The fourth-order valence-electron chi connectivity index (χ4n) is 3.05. The first-order valence-corrected chi connectivity index (χ1v) is 7.66. The maximum atomic E-state index is 11.0. The molecule has 0 saturated heterocycles. The van der Waals surface area contributed by atoms with Gasteiger partial charge in [0.1, 0.15) is 11.6 Å².